The van der Waals surface area contributed by atoms with Gasteiger partial charge in [0.25, 0.3) is 0 Å². The number of carbonyl (C=O) groups is 3. The molecule has 0 spiro atoms. The number of nitrogens with one attached hydrogen (secondary N) is 1. The number of furan rings is 1. The number of benzene rings is 2. The SMILES string of the molecule is COCCN1C(=O)C[C@](CC(=O)NCC[C@@H](c2ccccc2)c2ccco2)(c2ccccc2C)C1=O. The summed E-state index contributed by atoms with van der Waals surface area (Å²) >= 11 is 0. The molecule has 0 radical (unpaired) electrons. The molecule has 188 valence electrons. The van der Waals surface area contributed by atoms with E-state index in [-0.39, 0.29) is 49.6 Å². The number of likely N-dealkylation sites (tertiary alicyclic amines) is 1. The number of nitrogens with zero attached hydrogens (tertiary/aromatic N) is 1. The van der Waals surface area contributed by atoms with Gasteiger partial charge in [-0.25, -0.2) is 0 Å². The second-order valence-corrected chi connectivity index (χ2v) is 9.21. The van der Waals surface area contributed by atoms with Crippen LogP contribution in [0.4, 0.5) is 0 Å². The number of amides is 3. The number of aryl methyl sites for hydroxylation is 1. The van der Waals surface area contributed by atoms with Gasteiger partial charge in [0.05, 0.1) is 24.8 Å². The lowest BCUT2D eigenvalue weighted by Crippen LogP contribution is -2.43. The Morgan fingerprint density at radius 1 is 1.08 bits per heavy atom. The van der Waals surface area contributed by atoms with Crippen LogP contribution in [0.3, 0.4) is 0 Å². The zero-order chi connectivity index (χ0) is 25.5. The van der Waals surface area contributed by atoms with Crippen molar-refractivity contribution < 1.29 is 23.5 Å². The first-order chi connectivity index (χ1) is 17.5. The van der Waals surface area contributed by atoms with E-state index in [1.54, 1.807) is 6.26 Å². The fourth-order valence-corrected chi connectivity index (χ4v) is 5.10. The molecule has 1 N–H and O–H groups in total. The molecule has 0 bridgehead atoms. The van der Waals surface area contributed by atoms with Crippen molar-refractivity contribution in [1.82, 2.24) is 10.2 Å². The summed E-state index contributed by atoms with van der Waals surface area (Å²) in [6.45, 7) is 2.73. The molecule has 3 amide bonds. The highest BCUT2D eigenvalue weighted by Gasteiger charge is 2.54. The molecule has 0 saturated carbocycles. The monoisotopic (exact) mass is 488 g/mol. The normalized spacial score (nSPS) is 18.4. The van der Waals surface area contributed by atoms with Crippen LogP contribution >= 0.6 is 0 Å². The highest BCUT2D eigenvalue weighted by molar-refractivity contribution is 6.11. The van der Waals surface area contributed by atoms with Gasteiger partial charge in [-0.05, 0) is 42.2 Å². The van der Waals surface area contributed by atoms with Gasteiger partial charge in [0.15, 0.2) is 0 Å². The van der Waals surface area contributed by atoms with Crippen LogP contribution in [0.15, 0.2) is 77.4 Å². The van der Waals surface area contributed by atoms with Gasteiger partial charge in [-0.15, -0.1) is 0 Å². The standard InChI is InChI=1S/C29H32N2O5/c1-21-9-6-7-12-24(21)29(20-27(33)31(28(29)34)16-18-35-2)19-26(32)30-15-14-23(25-13-8-17-36-25)22-10-4-3-5-11-22/h3-13,17,23H,14-16,18-20H2,1-2H3,(H,30,32)/t23-,29+/m0/s1. The van der Waals surface area contributed by atoms with Gasteiger partial charge >= 0.3 is 0 Å². The van der Waals surface area contributed by atoms with E-state index in [2.05, 4.69) is 5.32 Å². The van der Waals surface area contributed by atoms with E-state index in [9.17, 15) is 14.4 Å². The molecule has 2 atom stereocenters. The van der Waals surface area contributed by atoms with Crippen molar-refractivity contribution in [3.63, 3.8) is 0 Å². The second kappa shape index (κ2) is 11.4. The first-order valence-electron chi connectivity index (χ1n) is 12.2. The Balaban J connectivity index is 1.50. The molecule has 36 heavy (non-hydrogen) atoms. The predicted molar refractivity (Wildman–Crippen MR) is 135 cm³/mol. The minimum atomic E-state index is -1.22. The number of hydrogen-bond donors (Lipinski definition) is 1. The maximum Gasteiger partial charge on any atom is 0.240 e. The Labute approximate surface area is 211 Å². The molecular formula is C29H32N2O5. The molecule has 1 fully saturated rings. The largest absolute Gasteiger partial charge is 0.469 e. The average Bonchev–Trinajstić information content (AvgIpc) is 3.49. The number of rotatable bonds is 11. The fourth-order valence-electron chi connectivity index (χ4n) is 5.10. The number of ether oxygens (including phenoxy) is 1. The van der Waals surface area contributed by atoms with Crippen LogP contribution in [0.5, 0.6) is 0 Å². The van der Waals surface area contributed by atoms with Crippen molar-refractivity contribution in [2.24, 2.45) is 0 Å². The number of imide groups is 1. The summed E-state index contributed by atoms with van der Waals surface area (Å²) < 4.78 is 10.8. The summed E-state index contributed by atoms with van der Waals surface area (Å²) in [5, 5.41) is 2.99. The van der Waals surface area contributed by atoms with Gasteiger partial charge in [-0.2, -0.15) is 0 Å². The first-order valence-corrected chi connectivity index (χ1v) is 12.2. The van der Waals surface area contributed by atoms with Crippen LogP contribution in [0.1, 0.15) is 47.6 Å². The van der Waals surface area contributed by atoms with E-state index in [1.807, 2.05) is 73.7 Å². The van der Waals surface area contributed by atoms with Gasteiger partial charge in [-0.3, -0.25) is 19.3 Å². The minimum Gasteiger partial charge on any atom is -0.469 e. The molecular weight excluding hydrogens is 456 g/mol. The summed E-state index contributed by atoms with van der Waals surface area (Å²) in [5.74, 6) is -0.0655. The number of carbonyl (C=O) groups excluding carboxylic acids is 3. The second-order valence-electron chi connectivity index (χ2n) is 9.21. The Morgan fingerprint density at radius 3 is 2.53 bits per heavy atom. The Morgan fingerprint density at radius 2 is 1.83 bits per heavy atom. The third-order valence-electron chi connectivity index (χ3n) is 6.89. The molecule has 7 heteroatoms. The smallest absolute Gasteiger partial charge is 0.240 e. The number of hydrogen-bond acceptors (Lipinski definition) is 5. The van der Waals surface area contributed by atoms with Gasteiger partial charge in [0.1, 0.15) is 5.76 Å². The maximum absolute atomic E-state index is 13.6. The van der Waals surface area contributed by atoms with Crippen molar-refractivity contribution in [3.05, 3.63) is 95.4 Å². The van der Waals surface area contributed by atoms with E-state index in [1.165, 1.54) is 12.0 Å². The van der Waals surface area contributed by atoms with Crippen LogP contribution in [-0.4, -0.2) is 49.4 Å². The summed E-state index contributed by atoms with van der Waals surface area (Å²) in [5.41, 5.74) is 1.47. The molecule has 1 aliphatic rings. The molecule has 2 aromatic carbocycles. The van der Waals surface area contributed by atoms with Gasteiger partial charge < -0.3 is 14.5 Å². The zero-order valence-electron chi connectivity index (χ0n) is 20.7. The zero-order valence-corrected chi connectivity index (χ0v) is 20.7. The van der Waals surface area contributed by atoms with Crippen LogP contribution in [0.25, 0.3) is 0 Å². The van der Waals surface area contributed by atoms with Crippen molar-refractivity contribution in [1.29, 1.82) is 0 Å². The van der Waals surface area contributed by atoms with E-state index >= 15 is 0 Å². The first kappa shape index (κ1) is 25.4. The molecule has 7 nitrogen and oxygen atoms in total. The summed E-state index contributed by atoms with van der Waals surface area (Å²) in [6.07, 6.45) is 2.15. The lowest BCUT2D eigenvalue weighted by Gasteiger charge is -2.28. The van der Waals surface area contributed by atoms with Crippen LogP contribution in [0, 0.1) is 6.92 Å². The van der Waals surface area contributed by atoms with Crippen molar-refractivity contribution >= 4 is 17.7 Å². The van der Waals surface area contributed by atoms with Crippen molar-refractivity contribution in [3.8, 4) is 0 Å². The minimum absolute atomic E-state index is 0.00828. The summed E-state index contributed by atoms with van der Waals surface area (Å²) in [4.78, 5) is 40.9. The lowest BCUT2D eigenvalue weighted by atomic mass is 9.74. The van der Waals surface area contributed by atoms with Crippen molar-refractivity contribution in [2.45, 2.75) is 37.5 Å². The highest BCUT2D eigenvalue weighted by Crippen LogP contribution is 2.41. The molecule has 1 aromatic heterocycles. The maximum atomic E-state index is 13.6. The van der Waals surface area contributed by atoms with E-state index in [0.717, 1.165) is 22.5 Å². The molecule has 3 aromatic rings. The Bertz CT molecular complexity index is 1190. The fraction of sp³-hybridized carbons (Fsp3) is 0.345. The predicted octanol–water partition coefficient (Wildman–Crippen LogP) is 3.96. The summed E-state index contributed by atoms with van der Waals surface area (Å²) in [6, 6.07) is 21.3. The topological polar surface area (TPSA) is 88.8 Å². The lowest BCUT2D eigenvalue weighted by molar-refractivity contribution is -0.141. The van der Waals surface area contributed by atoms with E-state index in [4.69, 9.17) is 9.15 Å². The van der Waals surface area contributed by atoms with Crippen LogP contribution in [0.2, 0.25) is 0 Å². The van der Waals surface area contributed by atoms with E-state index < -0.39 is 5.41 Å². The quantitative estimate of drug-likeness (QED) is 0.413. The highest BCUT2D eigenvalue weighted by atomic mass is 16.5. The number of methoxy groups -OCH3 is 1. The average molecular weight is 489 g/mol. The van der Waals surface area contributed by atoms with Gasteiger partial charge in [0.2, 0.25) is 17.7 Å². The molecule has 1 aliphatic heterocycles. The summed E-state index contributed by atoms with van der Waals surface area (Å²) in [7, 11) is 1.53. The third-order valence-corrected chi connectivity index (χ3v) is 6.89. The third kappa shape index (κ3) is 5.26. The molecule has 1 saturated heterocycles. The molecule has 4 rings (SSSR count). The van der Waals surface area contributed by atoms with Crippen LogP contribution in [-0.2, 0) is 24.5 Å². The Hall–Kier alpha value is -3.71. The van der Waals surface area contributed by atoms with Crippen molar-refractivity contribution in [2.75, 3.05) is 26.8 Å². The van der Waals surface area contributed by atoms with E-state index in [0.29, 0.717) is 13.0 Å². The molecule has 0 unspecified atom stereocenters. The molecule has 0 aliphatic carbocycles. The van der Waals surface area contributed by atoms with Gasteiger partial charge in [0, 0.05) is 32.4 Å². The van der Waals surface area contributed by atoms with Crippen LogP contribution < -0.4 is 5.32 Å². The van der Waals surface area contributed by atoms with Gasteiger partial charge in [-0.1, -0.05) is 54.6 Å². The Kier molecular flexibility index (Phi) is 8.00. The molecule has 2 heterocycles.